The number of aromatic nitrogens is 2. The van der Waals surface area contributed by atoms with E-state index in [-0.39, 0.29) is 28.7 Å². The monoisotopic (exact) mass is 446 g/mol. The number of rotatable bonds is 8. The van der Waals surface area contributed by atoms with Gasteiger partial charge in [-0.2, -0.15) is 0 Å². The number of likely N-dealkylation sites (tertiary alicyclic amines) is 1. The zero-order valence-electron chi connectivity index (χ0n) is 17.6. The summed E-state index contributed by atoms with van der Waals surface area (Å²) in [6.45, 7) is 7.55. The van der Waals surface area contributed by atoms with E-state index in [1.807, 2.05) is 31.9 Å². The Morgan fingerprint density at radius 3 is 2.86 bits per heavy atom. The number of ether oxygens (including phenoxy) is 1. The molecular formula is C19H31ClN4O4S. The first kappa shape index (κ1) is 23.8. The predicted molar refractivity (Wildman–Crippen MR) is 117 cm³/mol. The van der Waals surface area contributed by atoms with Crippen molar-refractivity contribution in [1.82, 2.24) is 14.5 Å². The Bertz CT molecular complexity index is 738. The summed E-state index contributed by atoms with van der Waals surface area (Å²) < 4.78 is 12.2. The molecule has 0 spiro atoms. The highest BCUT2D eigenvalue weighted by molar-refractivity contribution is 7.93. The molecule has 10 heteroatoms. The van der Waals surface area contributed by atoms with E-state index < -0.39 is 5.60 Å². The van der Waals surface area contributed by atoms with Crippen molar-refractivity contribution in [3.05, 3.63) is 21.7 Å². The second kappa shape index (κ2) is 11.1. The quantitative estimate of drug-likeness (QED) is 0.480. The van der Waals surface area contributed by atoms with Crippen LogP contribution in [0.1, 0.15) is 46.5 Å². The number of amides is 1. The van der Waals surface area contributed by atoms with E-state index in [4.69, 9.17) is 20.5 Å². The molecule has 1 saturated heterocycles. The van der Waals surface area contributed by atoms with E-state index in [1.165, 1.54) is 22.8 Å². The molecule has 8 nitrogen and oxygen atoms in total. The Hall–Kier alpha value is -1.45. The fourth-order valence-electron chi connectivity index (χ4n) is 3.23. The third-order valence-electron chi connectivity index (χ3n) is 4.55. The summed E-state index contributed by atoms with van der Waals surface area (Å²) in [5.74, 6) is 0.248. The molecule has 164 valence electrons. The van der Waals surface area contributed by atoms with E-state index >= 15 is 0 Å². The lowest BCUT2D eigenvalue weighted by Crippen LogP contribution is -2.46. The fourth-order valence-corrected chi connectivity index (χ4v) is 3.68. The van der Waals surface area contributed by atoms with Crippen molar-refractivity contribution >= 4 is 35.6 Å². The third kappa shape index (κ3) is 7.38. The first-order valence-corrected chi connectivity index (χ1v) is 11.4. The zero-order chi connectivity index (χ0) is 21.4. The van der Waals surface area contributed by atoms with Crippen molar-refractivity contribution in [3.8, 4) is 0 Å². The van der Waals surface area contributed by atoms with Crippen LogP contribution in [0.3, 0.4) is 0 Å². The van der Waals surface area contributed by atoms with Gasteiger partial charge in [-0.3, -0.25) is 9.36 Å². The molecule has 1 N–H and O–H groups in total. The molecule has 29 heavy (non-hydrogen) atoms. The van der Waals surface area contributed by atoms with Gasteiger partial charge in [0.2, 0.25) is 0 Å². The van der Waals surface area contributed by atoms with E-state index in [0.717, 1.165) is 19.3 Å². The van der Waals surface area contributed by atoms with Gasteiger partial charge in [-0.05, 0) is 58.5 Å². The van der Waals surface area contributed by atoms with Crippen molar-refractivity contribution < 1.29 is 13.7 Å². The molecule has 1 aliphatic rings. The average Bonchev–Trinajstić information content (AvgIpc) is 2.65. The second-order valence-corrected chi connectivity index (χ2v) is 8.87. The third-order valence-corrected chi connectivity index (χ3v) is 5.25. The summed E-state index contributed by atoms with van der Waals surface area (Å²) in [6, 6.07) is 0.0793. The summed E-state index contributed by atoms with van der Waals surface area (Å²) >= 11 is 7.34. The highest BCUT2D eigenvalue weighted by atomic mass is 35.5. The number of piperidine rings is 1. The smallest absolute Gasteiger partial charge is 0.410 e. The second-order valence-electron chi connectivity index (χ2n) is 7.91. The molecule has 1 aliphatic heterocycles. The lowest BCUT2D eigenvalue weighted by Gasteiger charge is -2.36. The molecule has 0 radical (unpaired) electrons. The normalized spacial score (nSPS) is 17.3. The number of nitrogens with one attached hydrogen (secondary N) is 1. The Kier molecular flexibility index (Phi) is 9.10. The molecule has 1 aromatic heterocycles. The number of hydrogen-bond donors (Lipinski definition) is 1. The van der Waals surface area contributed by atoms with Crippen LogP contribution in [0.2, 0.25) is 5.15 Å². The summed E-state index contributed by atoms with van der Waals surface area (Å²) in [5.41, 5.74) is -0.801. The van der Waals surface area contributed by atoms with Crippen LogP contribution in [0, 0.1) is 0 Å². The van der Waals surface area contributed by atoms with Crippen molar-refractivity contribution in [2.24, 2.45) is 0 Å². The van der Waals surface area contributed by atoms with Crippen LogP contribution in [0.15, 0.2) is 11.0 Å². The molecule has 1 unspecified atom stereocenters. The maximum atomic E-state index is 12.6. The van der Waals surface area contributed by atoms with Crippen LogP contribution >= 0.6 is 23.6 Å². The van der Waals surface area contributed by atoms with E-state index in [1.54, 1.807) is 0 Å². The van der Waals surface area contributed by atoms with Gasteiger partial charge in [0.05, 0.1) is 19.3 Å². The molecule has 1 aromatic rings. The lowest BCUT2D eigenvalue weighted by molar-refractivity contribution is 0.00929. The predicted octanol–water partition coefficient (Wildman–Crippen LogP) is 3.78. The Morgan fingerprint density at radius 1 is 1.41 bits per heavy atom. The standard InChI is InChI=1S/C19H31ClN4O4S/c1-19(2,3)28-18(26)23-10-6-5-7-14(23)8-9-21-16-17(25)24(11-12-27-29-4)15(20)13-22-16/h13-14H,5-12H2,1-4H3,(H,21,22). The highest BCUT2D eigenvalue weighted by Crippen LogP contribution is 2.22. The molecule has 0 aromatic carbocycles. The fraction of sp³-hybridized carbons (Fsp3) is 0.737. The minimum atomic E-state index is -0.518. The van der Waals surface area contributed by atoms with Crippen LogP contribution < -0.4 is 10.9 Å². The molecule has 0 bridgehead atoms. The van der Waals surface area contributed by atoms with Gasteiger partial charge in [-0.15, -0.1) is 0 Å². The Morgan fingerprint density at radius 2 is 2.17 bits per heavy atom. The van der Waals surface area contributed by atoms with Crippen LogP contribution in [-0.2, 0) is 15.5 Å². The topological polar surface area (TPSA) is 85.7 Å². The number of nitrogens with zero attached hydrogens (tertiary/aromatic N) is 3. The molecule has 1 atom stereocenters. The number of carbonyl (C=O) groups is 1. The zero-order valence-corrected chi connectivity index (χ0v) is 19.1. The van der Waals surface area contributed by atoms with Crippen molar-refractivity contribution in [1.29, 1.82) is 0 Å². The maximum absolute atomic E-state index is 12.6. The number of anilines is 1. The van der Waals surface area contributed by atoms with Crippen molar-refractivity contribution in [2.45, 2.75) is 64.6 Å². The Balaban J connectivity index is 1.96. The minimum absolute atomic E-state index is 0.0793. The van der Waals surface area contributed by atoms with E-state index in [2.05, 4.69) is 10.3 Å². The largest absolute Gasteiger partial charge is 0.444 e. The van der Waals surface area contributed by atoms with Crippen molar-refractivity contribution in [3.63, 3.8) is 0 Å². The van der Waals surface area contributed by atoms with Gasteiger partial charge >= 0.3 is 6.09 Å². The minimum Gasteiger partial charge on any atom is -0.444 e. The molecule has 2 heterocycles. The molecule has 1 amide bonds. The van der Waals surface area contributed by atoms with Gasteiger partial charge in [0.25, 0.3) is 5.56 Å². The van der Waals surface area contributed by atoms with E-state index in [0.29, 0.717) is 32.7 Å². The van der Waals surface area contributed by atoms with Gasteiger partial charge in [0.1, 0.15) is 10.8 Å². The molecular weight excluding hydrogens is 416 g/mol. The first-order chi connectivity index (χ1) is 13.7. The summed E-state index contributed by atoms with van der Waals surface area (Å²) in [7, 11) is 0. The average molecular weight is 447 g/mol. The SMILES string of the molecule is CSOCCn1c(Cl)cnc(NCCC2CCCCN2C(=O)OC(C)(C)C)c1=O. The van der Waals surface area contributed by atoms with E-state index in [9.17, 15) is 9.59 Å². The summed E-state index contributed by atoms with van der Waals surface area (Å²) in [6.07, 6.45) is 6.68. The first-order valence-electron chi connectivity index (χ1n) is 9.87. The van der Waals surface area contributed by atoms with Gasteiger partial charge < -0.3 is 19.1 Å². The number of carbonyl (C=O) groups excluding carboxylic acids is 1. The van der Waals surface area contributed by atoms with Crippen LogP contribution in [0.5, 0.6) is 0 Å². The summed E-state index contributed by atoms with van der Waals surface area (Å²) in [5, 5.41) is 3.37. The number of hydrogen-bond acceptors (Lipinski definition) is 7. The summed E-state index contributed by atoms with van der Waals surface area (Å²) in [4.78, 5) is 31.0. The number of halogens is 1. The van der Waals surface area contributed by atoms with Gasteiger partial charge in [-0.25, -0.2) is 9.78 Å². The van der Waals surface area contributed by atoms with Crippen molar-refractivity contribution in [2.75, 3.05) is 31.3 Å². The van der Waals surface area contributed by atoms with Crippen LogP contribution in [-0.4, -0.2) is 58.1 Å². The molecule has 0 saturated carbocycles. The maximum Gasteiger partial charge on any atom is 0.410 e. The van der Waals surface area contributed by atoms with Gasteiger partial charge in [0, 0.05) is 25.4 Å². The molecule has 0 aliphatic carbocycles. The van der Waals surface area contributed by atoms with Crippen LogP contribution in [0.4, 0.5) is 10.6 Å². The Labute approximate surface area is 181 Å². The highest BCUT2D eigenvalue weighted by Gasteiger charge is 2.30. The van der Waals surface area contributed by atoms with Crippen LogP contribution in [0.25, 0.3) is 0 Å². The lowest BCUT2D eigenvalue weighted by atomic mass is 10.00. The van der Waals surface area contributed by atoms with Gasteiger partial charge in [0.15, 0.2) is 5.82 Å². The van der Waals surface area contributed by atoms with Gasteiger partial charge in [-0.1, -0.05) is 11.6 Å². The molecule has 2 rings (SSSR count). The molecule has 1 fully saturated rings.